The largest absolute Gasteiger partial charge is 0.440 e. The van der Waals surface area contributed by atoms with E-state index in [0.29, 0.717) is 28.4 Å². The van der Waals surface area contributed by atoms with Crippen LogP contribution in [0.4, 0.5) is 0 Å². The minimum Gasteiger partial charge on any atom is -0.440 e. The molecule has 5 nitrogen and oxygen atoms in total. The van der Waals surface area contributed by atoms with Gasteiger partial charge in [0.15, 0.2) is 0 Å². The summed E-state index contributed by atoms with van der Waals surface area (Å²) >= 11 is 5.95. The van der Waals surface area contributed by atoms with Gasteiger partial charge in [0.25, 0.3) is 5.56 Å². The van der Waals surface area contributed by atoms with Crippen LogP contribution >= 0.6 is 11.6 Å². The molecule has 1 aromatic heterocycles. The number of fused-ring (bicyclic) bond motifs is 2. The normalized spacial score (nSPS) is 12.2. The van der Waals surface area contributed by atoms with Gasteiger partial charge in [0, 0.05) is 11.4 Å². The summed E-state index contributed by atoms with van der Waals surface area (Å²) in [5.74, 6) is 0.736. The summed E-state index contributed by atoms with van der Waals surface area (Å²) in [6.07, 6.45) is 0.379. The van der Waals surface area contributed by atoms with Crippen LogP contribution in [0.2, 0.25) is 5.02 Å². The molecule has 1 N–H and O–H groups in total. The average molecular weight is 327 g/mol. The number of hydrogen-bond acceptors (Lipinski definition) is 3. The van der Waals surface area contributed by atoms with E-state index in [-0.39, 0.29) is 11.4 Å². The summed E-state index contributed by atoms with van der Waals surface area (Å²) < 4.78 is 6.77. The van der Waals surface area contributed by atoms with Crippen LogP contribution in [0, 0.1) is 0 Å². The summed E-state index contributed by atoms with van der Waals surface area (Å²) in [7, 11) is 0. The lowest BCUT2D eigenvalue weighted by Gasteiger charge is -2.20. The molecule has 0 atom stereocenters. The molecule has 23 heavy (non-hydrogen) atoms. The van der Waals surface area contributed by atoms with Crippen LogP contribution in [-0.4, -0.2) is 9.55 Å². The second-order valence-electron chi connectivity index (χ2n) is 5.24. The molecule has 0 bridgehead atoms. The Morgan fingerprint density at radius 2 is 1.87 bits per heavy atom. The van der Waals surface area contributed by atoms with Gasteiger partial charge in [-0.05, 0) is 29.8 Å². The van der Waals surface area contributed by atoms with E-state index in [2.05, 4.69) is 4.98 Å². The predicted octanol–water partition coefficient (Wildman–Crippen LogP) is 2.88. The minimum atomic E-state index is -0.537. The quantitative estimate of drug-likeness (QED) is 0.585. The van der Waals surface area contributed by atoms with Crippen LogP contribution in [0.1, 0.15) is 11.1 Å². The molecule has 4 rings (SSSR count). The maximum atomic E-state index is 12.7. The summed E-state index contributed by atoms with van der Waals surface area (Å²) in [6.45, 7) is 0. The molecule has 2 heterocycles. The first-order chi connectivity index (χ1) is 11.1. The highest BCUT2D eigenvalue weighted by atomic mass is 35.5. The van der Waals surface area contributed by atoms with Crippen LogP contribution in [-0.2, 0) is 6.42 Å². The number of benzene rings is 2. The fraction of sp³-hybridized carbons (Fsp3) is 0.0588. The Morgan fingerprint density at radius 3 is 2.65 bits per heavy atom. The van der Waals surface area contributed by atoms with Crippen molar-refractivity contribution in [1.82, 2.24) is 9.55 Å². The molecule has 0 unspecified atom stereocenters. The highest BCUT2D eigenvalue weighted by Gasteiger charge is 2.23. The smallest absolute Gasteiger partial charge is 0.335 e. The van der Waals surface area contributed by atoms with Gasteiger partial charge >= 0.3 is 5.69 Å². The van der Waals surface area contributed by atoms with E-state index < -0.39 is 5.69 Å². The van der Waals surface area contributed by atoms with Crippen molar-refractivity contribution in [2.45, 2.75) is 6.42 Å². The molecule has 0 saturated carbocycles. The van der Waals surface area contributed by atoms with Crippen LogP contribution in [0.25, 0.3) is 5.69 Å². The van der Waals surface area contributed by atoms with Gasteiger partial charge in [-0.1, -0.05) is 35.9 Å². The van der Waals surface area contributed by atoms with Gasteiger partial charge < -0.3 is 4.74 Å². The first kappa shape index (κ1) is 13.8. The number of aromatic amines is 1. The van der Waals surface area contributed by atoms with Crippen LogP contribution in [0.3, 0.4) is 0 Å². The fourth-order valence-corrected chi connectivity index (χ4v) is 2.84. The van der Waals surface area contributed by atoms with Gasteiger partial charge in [-0.25, -0.2) is 9.36 Å². The number of para-hydroxylation sites is 1. The lowest BCUT2D eigenvalue weighted by atomic mass is 10.0. The van der Waals surface area contributed by atoms with Gasteiger partial charge in [-0.15, -0.1) is 0 Å². The number of rotatable bonds is 1. The molecule has 0 radical (unpaired) electrons. The lowest BCUT2D eigenvalue weighted by molar-refractivity contribution is 0.432. The standard InChI is InChI=1S/C17H11ClN2O3/c18-11-7-6-10-8-13-15(23-14(10)9-11)19-17(22)20(16(13)21)12-4-2-1-3-5-12/h1-7,9H,8H2,(H,19,22). The Kier molecular flexibility index (Phi) is 3.09. The average Bonchev–Trinajstić information content (AvgIpc) is 2.54. The number of nitrogens with one attached hydrogen (secondary N) is 1. The summed E-state index contributed by atoms with van der Waals surface area (Å²) in [5, 5.41) is 0.534. The van der Waals surface area contributed by atoms with Gasteiger partial charge in [0.1, 0.15) is 5.75 Å². The van der Waals surface area contributed by atoms with Gasteiger partial charge in [-0.3, -0.25) is 9.78 Å². The van der Waals surface area contributed by atoms with E-state index in [0.717, 1.165) is 10.1 Å². The Hall–Kier alpha value is -2.79. The third-order valence-electron chi connectivity index (χ3n) is 3.78. The number of H-pyrrole nitrogens is 1. The molecule has 1 aliphatic rings. The molecule has 114 valence electrons. The minimum absolute atomic E-state index is 0.182. The number of hydrogen-bond donors (Lipinski definition) is 1. The third kappa shape index (κ3) is 2.26. The van der Waals surface area contributed by atoms with Crippen LogP contribution in [0.5, 0.6) is 11.6 Å². The second-order valence-corrected chi connectivity index (χ2v) is 5.68. The zero-order valence-corrected chi connectivity index (χ0v) is 12.6. The van der Waals surface area contributed by atoms with Crippen molar-refractivity contribution in [1.29, 1.82) is 0 Å². The van der Waals surface area contributed by atoms with E-state index in [1.807, 2.05) is 12.1 Å². The van der Waals surface area contributed by atoms with Crippen molar-refractivity contribution in [2.75, 3.05) is 0 Å². The van der Waals surface area contributed by atoms with Crippen LogP contribution < -0.4 is 16.0 Å². The summed E-state index contributed by atoms with van der Waals surface area (Å²) in [4.78, 5) is 27.7. The molecule has 0 saturated heterocycles. The first-order valence-electron chi connectivity index (χ1n) is 7.03. The molecule has 2 aromatic carbocycles. The lowest BCUT2D eigenvalue weighted by Crippen LogP contribution is -2.37. The van der Waals surface area contributed by atoms with Crippen molar-refractivity contribution < 1.29 is 4.74 Å². The van der Waals surface area contributed by atoms with E-state index in [1.54, 1.807) is 36.4 Å². The van der Waals surface area contributed by atoms with E-state index in [1.165, 1.54) is 0 Å². The Morgan fingerprint density at radius 1 is 1.09 bits per heavy atom. The predicted molar refractivity (Wildman–Crippen MR) is 87.0 cm³/mol. The highest BCUT2D eigenvalue weighted by molar-refractivity contribution is 6.30. The van der Waals surface area contributed by atoms with Gasteiger partial charge in [0.05, 0.1) is 11.3 Å². The molecule has 6 heteroatoms. The number of aromatic nitrogens is 2. The van der Waals surface area contributed by atoms with Crippen molar-refractivity contribution in [3.05, 3.63) is 85.5 Å². The fourth-order valence-electron chi connectivity index (χ4n) is 2.68. The number of nitrogens with zero attached hydrogens (tertiary/aromatic N) is 1. The topological polar surface area (TPSA) is 64.1 Å². The maximum Gasteiger partial charge on any atom is 0.335 e. The highest BCUT2D eigenvalue weighted by Crippen LogP contribution is 2.34. The zero-order chi connectivity index (χ0) is 16.0. The van der Waals surface area contributed by atoms with Crippen molar-refractivity contribution in [3.63, 3.8) is 0 Å². The third-order valence-corrected chi connectivity index (χ3v) is 4.02. The first-order valence-corrected chi connectivity index (χ1v) is 7.41. The van der Waals surface area contributed by atoms with E-state index >= 15 is 0 Å². The summed E-state index contributed by atoms with van der Waals surface area (Å²) in [5.41, 5.74) is 0.873. The molecule has 3 aromatic rings. The molecule has 1 aliphatic heterocycles. The Labute approximate surface area is 135 Å². The van der Waals surface area contributed by atoms with Gasteiger partial charge in [0.2, 0.25) is 5.88 Å². The van der Waals surface area contributed by atoms with E-state index in [4.69, 9.17) is 16.3 Å². The van der Waals surface area contributed by atoms with Crippen molar-refractivity contribution >= 4 is 11.6 Å². The maximum absolute atomic E-state index is 12.7. The monoisotopic (exact) mass is 326 g/mol. The van der Waals surface area contributed by atoms with Gasteiger partial charge in [-0.2, -0.15) is 0 Å². The molecular weight excluding hydrogens is 316 g/mol. The Bertz CT molecular complexity index is 1020. The molecular formula is C17H11ClN2O3. The molecule has 0 fully saturated rings. The molecule has 0 spiro atoms. The SMILES string of the molecule is O=c1[nH]c2c(c(=O)n1-c1ccccc1)Cc1ccc(Cl)cc1O2. The molecule has 0 aliphatic carbocycles. The van der Waals surface area contributed by atoms with E-state index in [9.17, 15) is 9.59 Å². The Balaban J connectivity index is 1.92. The number of ether oxygens (including phenoxy) is 1. The van der Waals surface area contributed by atoms with Crippen molar-refractivity contribution in [3.8, 4) is 17.3 Å². The zero-order valence-electron chi connectivity index (χ0n) is 11.9. The number of halogens is 1. The van der Waals surface area contributed by atoms with Crippen LogP contribution in [0.15, 0.2) is 58.1 Å². The molecule has 0 amide bonds. The summed E-state index contributed by atoms with van der Waals surface area (Å²) in [6, 6.07) is 14.0. The second kappa shape index (κ2) is 5.14. The van der Waals surface area contributed by atoms with Crippen molar-refractivity contribution in [2.24, 2.45) is 0 Å².